The van der Waals surface area contributed by atoms with Gasteiger partial charge in [-0.2, -0.15) is 0 Å². The molecule has 0 bridgehead atoms. The number of rotatable bonds is 6. The van der Waals surface area contributed by atoms with Crippen LogP contribution in [-0.4, -0.2) is 46.6 Å². The number of hydrogen-bond acceptors (Lipinski definition) is 4. The van der Waals surface area contributed by atoms with Crippen molar-refractivity contribution in [3.63, 3.8) is 0 Å². The van der Waals surface area contributed by atoms with E-state index >= 15 is 0 Å². The van der Waals surface area contributed by atoms with Crippen molar-refractivity contribution in [3.8, 4) is 0 Å². The van der Waals surface area contributed by atoms with Crippen LogP contribution < -0.4 is 5.32 Å². The molecule has 136 valence electrons. The number of amides is 2. The maximum Gasteiger partial charge on any atom is 0.408 e. The molecule has 7 heteroatoms. The van der Waals surface area contributed by atoms with Crippen LogP contribution in [0.25, 0.3) is 0 Å². The summed E-state index contributed by atoms with van der Waals surface area (Å²) >= 11 is 0. The number of carboxylic acid groups (broad SMARTS) is 1. The van der Waals surface area contributed by atoms with Gasteiger partial charge >= 0.3 is 12.1 Å². The molecule has 1 fully saturated rings. The maximum atomic E-state index is 12.7. The molecule has 1 aromatic rings. The van der Waals surface area contributed by atoms with Crippen molar-refractivity contribution in [2.24, 2.45) is 5.92 Å². The molecule has 2 N–H and O–H groups in total. The molecule has 1 aliphatic heterocycles. The molecule has 0 aliphatic carbocycles. The van der Waals surface area contributed by atoms with Crippen LogP contribution in [0.1, 0.15) is 32.3 Å². The highest BCUT2D eigenvalue weighted by molar-refractivity contribution is 5.90. The highest BCUT2D eigenvalue weighted by Gasteiger charge is 2.38. The summed E-state index contributed by atoms with van der Waals surface area (Å²) in [6.45, 7) is 4.09. The summed E-state index contributed by atoms with van der Waals surface area (Å²) in [5, 5.41) is 11.8. The highest BCUT2D eigenvalue weighted by Crippen LogP contribution is 2.20. The van der Waals surface area contributed by atoms with Crippen LogP contribution in [0, 0.1) is 5.92 Å². The third-order valence-corrected chi connectivity index (χ3v) is 4.24. The molecule has 1 saturated heterocycles. The highest BCUT2D eigenvalue weighted by atomic mass is 16.5. The lowest BCUT2D eigenvalue weighted by atomic mass is 10.0. The monoisotopic (exact) mass is 348 g/mol. The zero-order chi connectivity index (χ0) is 18.4. The molecular weight excluding hydrogens is 324 g/mol. The van der Waals surface area contributed by atoms with Gasteiger partial charge in [-0.25, -0.2) is 9.59 Å². The van der Waals surface area contributed by atoms with Crippen LogP contribution in [0.5, 0.6) is 0 Å². The molecule has 25 heavy (non-hydrogen) atoms. The molecular formula is C18H24N2O5. The van der Waals surface area contributed by atoms with Gasteiger partial charge in [-0.15, -0.1) is 0 Å². The van der Waals surface area contributed by atoms with Gasteiger partial charge in [-0.3, -0.25) is 4.79 Å². The SMILES string of the molecule is CC(C)[C@H](NC(=O)OCc1ccccc1)C(=O)N1CCC[C@@H]1C(=O)O. The Bertz CT molecular complexity index is 617. The molecule has 1 heterocycles. The van der Waals surface area contributed by atoms with Gasteiger partial charge in [0.15, 0.2) is 0 Å². The summed E-state index contributed by atoms with van der Waals surface area (Å²) in [6.07, 6.45) is 0.387. The standard InChI is InChI=1S/C18H24N2O5/c1-12(2)15(16(21)20-10-6-9-14(20)17(22)23)19-18(24)25-11-13-7-4-3-5-8-13/h3-5,7-8,12,14-15H,6,9-11H2,1-2H3,(H,19,24)(H,22,23)/t14-,15+/m1/s1. The number of nitrogens with one attached hydrogen (secondary N) is 1. The van der Waals surface area contributed by atoms with E-state index in [0.29, 0.717) is 19.4 Å². The number of carboxylic acids is 1. The Labute approximate surface area is 147 Å². The number of ether oxygens (including phenoxy) is 1. The Morgan fingerprint density at radius 3 is 2.56 bits per heavy atom. The van der Waals surface area contributed by atoms with Crippen LogP contribution in [0.4, 0.5) is 4.79 Å². The average Bonchev–Trinajstić information content (AvgIpc) is 3.08. The fourth-order valence-corrected chi connectivity index (χ4v) is 2.87. The largest absolute Gasteiger partial charge is 0.480 e. The van der Waals surface area contributed by atoms with Crippen LogP contribution in [0.15, 0.2) is 30.3 Å². The van der Waals surface area contributed by atoms with Crippen molar-refractivity contribution in [1.82, 2.24) is 10.2 Å². The first-order valence-electron chi connectivity index (χ1n) is 8.40. The van der Waals surface area contributed by atoms with Crippen LogP contribution in [0.2, 0.25) is 0 Å². The van der Waals surface area contributed by atoms with E-state index in [0.717, 1.165) is 5.56 Å². The number of hydrogen-bond donors (Lipinski definition) is 2. The van der Waals surface area contributed by atoms with Crippen molar-refractivity contribution in [2.45, 2.75) is 45.4 Å². The van der Waals surface area contributed by atoms with Gasteiger partial charge in [-0.05, 0) is 24.3 Å². The molecule has 0 unspecified atom stereocenters. The van der Waals surface area contributed by atoms with E-state index in [1.807, 2.05) is 30.3 Å². The second kappa shape index (κ2) is 8.50. The quantitative estimate of drug-likeness (QED) is 0.820. The Hall–Kier alpha value is -2.57. The van der Waals surface area contributed by atoms with Crippen molar-refractivity contribution in [2.75, 3.05) is 6.54 Å². The van der Waals surface area contributed by atoms with E-state index in [1.54, 1.807) is 13.8 Å². The average molecular weight is 348 g/mol. The fraction of sp³-hybridized carbons (Fsp3) is 0.500. The first-order chi connectivity index (χ1) is 11.9. The van der Waals surface area contributed by atoms with E-state index in [9.17, 15) is 19.5 Å². The smallest absolute Gasteiger partial charge is 0.408 e. The van der Waals surface area contributed by atoms with Gasteiger partial charge in [-0.1, -0.05) is 44.2 Å². The van der Waals surface area contributed by atoms with E-state index in [1.165, 1.54) is 4.90 Å². The summed E-state index contributed by atoms with van der Waals surface area (Å²) in [6, 6.07) is 7.58. The Morgan fingerprint density at radius 2 is 1.96 bits per heavy atom. The van der Waals surface area contributed by atoms with Crippen molar-refractivity contribution >= 4 is 18.0 Å². The van der Waals surface area contributed by atoms with E-state index in [2.05, 4.69) is 5.32 Å². The number of carbonyl (C=O) groups is 3. The van der Waals surface area contributed by atoms with E-state index in [4.69, 9.17) is 4.74 Å². The predicted molar refractivity (Wildman–Crippen MR) is 90.8 cm³/mol. The van der Waals surface area contributed by atoms with Crippen molar-refractivity contribution in [3.05, 3.63) is 35.9 Å². The number of nitrogens with zero attached hydrogens (tertiary/aromatic N) is 1. The first-order valence-corrected chi connectivity index (χ1v) is 8.40. The minimum atomic E-state index is -1.01. The molecule has 1 aliphatic rings. The number of aliphatic carboxylic acids is 1. The Morgan fingerprint density at radius 1 is 1.28 bits per heavy atom. The van der Waals surface area contributed by atoms with Gasteiger partial charge in [0.1, 0.15) is 18.7 Å². The Kier molecular flexibility index (Phi) is 6.38. The molecule has 1 aromatic carbocycles. The fourth-order valence-electron chi connectivity index (χ4n) is 2.87. The summed E-state index contributed by atoms with van der Waals surface area (Å²) in [7, 11) is 0. The lowest BCUT2D eigenvalue weighted by Crippen LogP contribution is -2.53. The van der Waals surface area contributed by atoms with E-state index < -0.39 is 24.1 Å². The number of alkyl carbamates (subject to hydrolysis) is 1. The zero-order valence-electron chi connectivity index (χ0n) is 14.5. The van der Waals surface area contributed by atoms with Gasteiger partial charge in [0.2, 0.25) is 5.91 Å². The summed E-state index contributed by atoms with van der Waals surface area (Å²) in [4.78, 5) is 37.4. The van der Waals surface area contributed by atoms with Crippen LogP contribution in [-0.2, 0) is 20.9 Å². The first kappa shape index (κ1) is 18.8. The van der Waals surface area contributed by atoms with Crippen molar-refractivity contribution in [1.29, 1.82) is 0 Å². The molecule has 7 nitrogen and oxygen atoms in total. The molecule has 0 radical (unpaired) electrons. The molecule has 0 spiro atoms. The van der Waals surface area contributed by atoms with Gasteiger partial charge in [0, 0.05) is 6.54 Å². The van der Waals surface area contributed by atoms with Crippen LogP contribution >= 0.6 is 0 Å². The van der Waals surface area contributed by atoms with E-state index in [-0.39, 0.29) is 18.4 Å². The number of benzene rings is 1. The molecule has 0 aromatic heterocycles. The molecule has 2 amide bonds. The number of carbonyl (C=O) groups excluding carboxylic acids is 2. The molecule has 2 rings (SSSR count). The Balaban J connectivity index is 1.96. The predicted octanol–water partition coefficient (Wildman–Crippen LogP) is 2.01. The number of likely N-dealkylation sites (tertiary alicyclic amines) is 1. The van der Waals surface area contributed by atoms with Gasteiger partial charge in [0.05, 0.1) is 0 Å². The summed E-state index contributed by atoms with van der Waals surface area (Å²) in [5.74, 6) is -1.58. The lowest BCUT2D eigenvalue weighted by Gasteiger charge is -2.29. The molecule has 0 saturated carbocycles. The van der Waals surface area contributed by atoms with Crippen LogP contribution in [0.3, 0.4) is 0 Å². The topological polar surface area (TPSA) is 95.9 Å². The molecule has 2 atom stereocenters. The van der Waals surface area contributed by atoms with Gasteiger partial charge in [0.25, 0.3) is 0 Å². The maximum absolute atomic E-state index is 12.7. The summed E-state index contributed by atoms with van der Waals surface area (Å²) in [5.41, 5.74) is 0.843. The summed E-state index contributed by atoms with van der Waals surface area (Å²) < 4.78 is 5.16. The minimum absolute atomic E-state index is 0.104. The van der Waals surface area contributed by atoms with Crippen molar-refractivity contribution < 1.29 is 24.2 Å². The zero-order valence-corrected chi connectivity index (χ0v) is 14.5. The third kappa shape index (κ3) is 4.95. The minimum Gasteiger partial charge on any atom is -0.480 e. The lowest BCUT2D eigenvalue weighted by molar-refractivity contribution is -0.149. The normalized spacial score (nSPS) is 18.0. The van der Waals surface area contributed by atoms with Gasteiger partial charge < -0.3 is 20.1 Å². The second-order valence-electron chi connectivity index (χ2n) is 6.46. The second-order valence-corrected chi connectivity index (χ2v) is 6.46. The third-order valence-electron chi connectivity index (χ3n) is 4.24.